The molecule has 1 aromatic heterocycles. The van der Waals surface area contributed by atoms with Crippen LogP contribution in [0.4, 0.5) is 5.69 Å². The molecule has 0 fully saturated rings. The number of esters is 1. The third kappa shape index (κ3) is 4.82. The van der Waals surface area contributed by atoms with Gasteiger partial charge in [0.1, 0.15) is 6.54 Å². The maximum Gasteiger partial charge on any atom is 0.326 e. The number of ether oxygens (including phenoxy) is 1. The second-order valence-corrected chi connectivity index (χ2v) is 7.07. The molecule has 0 radical (unpaired) electrons. The molecule has 0 aliphatic rings. The number of carbonyl (C=O) groups excluding carboxylic acids is 2. The maximum atomic E-state index is 12.4. The van der Waals surface area contributed by atoms with Crippen molar-refractivity contribution in [2.45, 2.75) is 52.7 Å². The molecule has 6 nitrogen and oxygen atoms in total. The second-order valence-electron chi connectivity index (χ2n) is 6.25. The Kier molecular flexibility index (Phi) is 6.74. The minimum Gasteiger partial charge on any atom is -0.451 e. The van der Waals surface area contributed by atoms with Crippen molar-refractivity contribution >= 4 is 28.9 Å². The number of anilines is 1. The van der Waals surface area contributed by atoms with Gasteiger partial charge in [-0.15, -0.1) is 0 Å². The monoisotopic (exact) mass is 376 g/mol. The van der Waals surface area contributed by atoms with Gasteiger partial charge in [-0.2, -0.15) is 0 Å². The first-order chi connectivity index (χ1) is 12.3. The normalized spacial score (nSPS) is 13.1. The van der Waals surface area contributed by atoms with E-state index in [1.54, 1.807) is 12.3 Å². The molecule has 0 unspecified atom stereocenters. The van der Waals surface area contributed by atoms with Gasteiger partial charge in [0.15, 0.2) is 6.10 Å². The zero-order valence-electron chi connectivity index (χ0n) is 15.4. The van der Waals surface area contributed by atoms with Crippen molar-refractivity contribution in [2.75, 3.05) is 5.32 Å². The van der Waals surface area contributed by atoms with Crippen LogP contribution in [-0.2, 0) is 20.9 Å². The molecule has 1 aromatic carbocycles. The smallest absolute Gasteiger partial charge is 0.326 e. The fourth-order valence-corrected chi connectivity index (χ4v) is 3.24. The summed E-state index contributed by atoms with van der Waals surface area (Å²) in [5, 5.41) is 4.51. The van der Waals surface area contributed by atoms with Crippen molar-refractivity contribution in [3.05, 3.63) is 50.6 Å². The van der Waals surface area contributed by atoms with E-state index in [1.165, 1.54) is 11.5 Å². The quantitative estimate of drug-likeness (QED) is 0.752. The summed E-state index contributed by atoms with van der Waals surface area (Å²) in [5.74, 6) is -0.715. The molecule has 0 saturated carbocycles. The minimum atomic E-state index is -0.956. The van der Waals surface area contributed by atoms with Gasteiger partial charge in [0.2, 0.25) is 0 Å². The molecule has 1 heterocycles. The van der Waals surface area contributed by atoms with Crippen LogP contribution in [0.2, 0.25) is 0 Å². The van der Waals surface area contributed by atoms with E-state index in [4.69, 9.17) is 4.74 Å². The van der Waals surface area contributed by atoms with Crippen LogP contribution < -0.4 is 10.2 Å². The SMILES string of the molecule is CC[C@H](C)c1ccccc1NC(=O)[C@@H](C)OC(=O)Cn1c(C)csc1=O. The van der Waals surface area contributed by atoms with Gasteiger partial charge < -0.3 is 10.1 Å². The van der Waals surface area contributed by atoms with Gasteiger partial charge in [-0.25, -0.2) is 0 Å². The Morgan fingerprint density at radius 3 is 2.58 bits per heavy atom. The predicted molar refractivity (Wildman–Crippen MR) is 103 cm³/mol. The molecule has 0 spiro atoms. The number of nitrogens with one attached hydrogen (secondary N) is 1. The van der Waals surface area contributed by atoms with E-state index < -0.39 is 18.0 Å². The van der Waals surface area contributed by atoms with Crippen molar-refractivity contribution in [1.82, 2.24) is 4.57 Å². The van der Waals surface area contributed by atoms with Gasteiger partial charge in [0.05, 0.1) is 0 Å². The lowest BCUT2D eigenvalue weighted by molar-refractivity contribution is -0.153. The molecule has 1 amide bonds. The highest BCUT2D eigenvalue weighted by Crippen LogP contribution is 2.26. The molecule has 1 N–H and O–H groups in total. The number of benzene rings is 1. The van der Waals surface area contributed by atoms with Crippen LogP contribution in [-0.4, -0.2) is 22.5 Å². The van der Waals surface area contributed by atoms with Crippen LogP contribution in [0.3, 0.4) is 0 Å². The highest BCUT2D eigenvalue weighted by molar-refractivity contribution is 7.07. The first-order valence-electron chi connectivity index (χ1n) is 8.57. The number of hydrogen-bond donors (Lipinski definition) is 1. The first-order valence-corrected chi connectivity index (χ1v) is 9.45. The lowest BCUT2D eigenvalue weighted by atomic mass is 9.97. The summed E-state index contributed by atoms with van der Waals surface area (Å²) in [5.41, 5.74) is 2.46. The molecular formula is C19H24N2O4S. The van der Waals surface area contributed by atoms with E-state index in [9.17, 15) is 14.4 Å². The van der Waals surface area contributed by atoms with E-state index in [-0.39, 0.29) is 11.4 Å². The zero-order valence-corrected chi connectivity index (χ0v) is 16.3. The molecule has 0 aliphatic carbocycles. The zero-order chi connectivity index (χ0) is 19.3. The lowest BCUT2D eigenvalue weighted by Gasteiger charge is -2.18. The van der Waals surface area contributed by atoms with Gasteiger partial charge in [0.25, 0.3) is 5.91 Å². The van der Waals surface area contributed by atoms with Crippen LogP contribution in [0, 0.1) is 6.92 Å². The molecule has 7 heteroatoms. The number of aryl methyl sites for hydroxylation is 1. The standard InChI is InChI=1S/C19H24N2O4S/c1-5-12(2)15-8-6-7-9-16(15)20-18(23)14(4)25-17(22)10-21-13(3)11-26-19(21)24/h6-9,11-12,14H,5,10H2,1-4H3,(H,20,23)/t12-,14+/m0/s1. The predicted octanol–water partition coefficient (Wildman–Crippen LogP) is 3.30. The van der Waals surface area contributed by atoms with Crippen LogP contribution in [0.5, 0.6) is 0 Å². The number of rotatable bonds is 7. The van der Waals surface area contributed by atoms with Crippen molar-refractivity contribution in [1.29, 1.82) is 0 Å². The van der Waals surface area contributed by atoms with E-state index in [1.807, 2.05) is 24.3 Å². The summed E-state index contributed by atoms with van der Waals surface area (Å²) in [6, 6.07) is 7.60. The van der Waals surface area contributed by atoms with Crippen LogP contribution in [0.25, 0.3) is 0 Å². The minimum absolute atomic E-state index is 0.199. The molecule has 26 heavy (non-hydrogen) atoms. The third-order valence-corrected chi connectivity index (χ3v) is 5.18. The molecule has 2 rings (SSSR count). The number of hydrogen-bond acceptors (Lipinski definition) is 5. The third-order valence-electron chi connectivity index (χ3n) is 4.30. The Balaban J connectivity index is 2.00. The summed E-state index contributed by atoms with van der Waals surface area (Å²) in [7, 11) is 0. The Morgan fingerprint density at radius 2 is 1.96 bits per heavy atom. The molecule has 0 aliphatic heterocycles. The molecule has 140 valence electrons. The van der Waals surface area contributed by atoms with Crippen molar-refractivity contribution in [3.63, 3.8) is 0 Å². The summed E-state index contributed by atoms with van der Waals surface area (Å²) >= 11 is 1.03. The van der Waals surface area contributed by atoms with Gasteiger partial charge in [-0.3, -0.25) is 19.0 Å². The number of nitrogens with zero attached hydrogens (tertiary/aromatic N) is 1. The Bertz CT molecular complexity index is 840. The molecule has 2 aromatic rings. The average Bonchev–Trinajstić information content (AvgIpc) is 2.93. The van der Waals surface area contributed by atoms with E-state index in [0.29, 0.717) is 11.6 Å². The Hall–Kier alpha value is -2.41. The number of carbonyl (C=O) groups is 2. The Morgan fingerprint density at radius 1 is 1.27 bits per heavy atom. The van der Waals surface area contributed by atoms with Crippen LogP contribution in [0.1, 0.15) is 44.4 Å². The summed E-state index contributed by atoms with van der Waals surface area (Å²) in [6.07, 6.45) is -0.00580. The van der Waals surface area contributed by atoms with Gasteiger partial charge in [-0.05, 0) is 37.8 Å². The molecule has 0 saturated heterocycles. The van der Waals surface area contributed by atoms with Crippen LogP contribution in [0.15, 0.2) is 34.4 Å². The molecule has 0 bridgehead atoms. The number of thiazole rings is 1. The van der Waals surface area contributed by atoms with Crippen molar-refractivity contribution in [2.24, 2.45) is 0 Å². The fraction of sp³-hybridized carbons (Fsp3) is 0.421. The highest BCUT2D eigenvalue weighted by atomic mass is 32.1. The maximum absolute atomic E-state index is 12.4. The number of para-hydroxylation sites is 1. The highest BCUT2D eigenvalue weighted by Gasteiger charge is 2.20. The van der Waals surface area contributed by atoms with E-state index >= 15 is 0 Å². The second kappa shape index (κ2) is 8.80. The van der Waals surface area contributed by atoms with Crippen molar-refractivity contribution in [3.8, 4) is 0 Å². The van der Waals surface area contributed by atoms with Gasteiger partial charge in [0, 0.05) is 16.8 Å². The molecule has 2 atom stereocenters. The summed E-state index contributed by atoms with van der Waals surface area (Å²) in [4.78, 5) is 35.9. The molecular weight excluding hydrogens is 352 g/mol. The number of amides is 1. The summed E-state index contributed by atoms with van der Waals surface area (Å²) < 4.78 is 6.52. The fourth-order valence-electron chi connectivity index (χ4n) is 2.51. The number of aromatic nitrogens is 1. The van der Waals surface area contributed by atoms with E-state index in [0.717, 1.165) is 29.0 Å². The topological polar surface area (TPSA) is 77.4 Å². The summed E-state index contributed by atoms with van der Waals surface area (Å²) in [6.45, 7) is 7.24. The average molecular weight is 376 g/mol. The van der Waals surface area contributed by atoms with Crippen LogP contribution >= 0.6 is 11.3 Å². The Labute approximate surface area is 156 Å². The van der Waals surface area contributed by atoms with Gasteiger partial charge >= 0.3 is 10.8 Å². The largest absolute Gasteiger partial charge is 0.451 e. The first kappa shape index (κ1) is 19.9. The lowest BCUT2D eigenvalue weighted by Crippen LogP contribution is -2.32. The van der Waals surface area contributed by atoms with E-state index in [2.05, 4.69) is 19.2 Å². The van der Waals surface area contributed by atoms with Crippen molar-refractivity contribution < 1.29 is 14.3 Å². The van der Waals surface area contributed by atoms with Gasteiger partial charge in [-0.1, -0.05) is 43.4 Å².